The highest BCUT2D eigenvalue weighted by Crippen LogP contribution is 2.26. The molecule has 3 aromatic rings. The fraction of sp³-hybridized carbons (Fsp3) is 0.292. The van der Waals surface area contributed by atoms with Crippen molar-refractivity contribution in [3.05, 3.63) is 77.5 Å². The van der Waals surface area contributed by atoms with Gasteiger partial charge in [-0.1, -0.05) is 35.9 Å². The molecule has 0 aliphatic rings. The predicted molar refractivity (Wildman–Crippen MR) is 122 cm³/mol. The van der Waals surface area contributed by atoms with Crippen LogP contribution in [-0.4, -0.2) is 38.5 Å². The molecule has 0 fully saturated rings. The largest absolute Gasteiger partial charge is 0.481 e. The average Bonchev–Trinajstić information content (AvgIpc) is 2.76. The zero-order valence-corrected chi connectivity index (χ0v) is 18.8. The molecule has 1 heterocycles. The Morgan fingerprint density at radius 2 is 1.81 bits per heavy atom. The van der Waals surface area contributed by atoms with Crippen LogP contribution in [-0.2, 0) is 16.4 Å². The second kappa shape index (κ2) is 10.0. The van der Waals surface area contributed by atoms with E-state index in [1.165, 1.54) is 6.26 Å². The number of aryl methyl sites for hydroxylation is 1. The number of aromatic nitrogens is 1. The van der Waals surface area contributed by atoms with Gasteiger partial charge in [0.25, 0.3) is 0 Å². The summed E-state index contributed by atoms with van der Waals surface area (Å²) in [7, 11) is -1.80. The van der Waals surface area contributed by atoms with Gasteiger partial charge in [0.1, 0.15) is 0 Å². The molecule has 0 aliphatic heterocycles. The summed E-state index contributed by atoms with van der Waals surface area (Å²) in [6, 6.07) is 17.0. The lowest BCUT2D eigenvalue weighted by Crippen LogP contribution is -2.22. The highest BCUT2D eigenvalue weighted by molar-refractivity contribution is 7.90. The molecule has 0 bridgehead atoms. The average molecular weight is 441 g/mol. The summed E-state index contributed by atoms with van der Waals surface area (Å²) in [4.78, 5) is 4.52. The smallest absolute Gasteiger partial charge is 0.212 e. The fourth-order valence-corrected chi connectivity index (χ4v) is 4.07. The number of methoxy groups -OCH3 is 1. The van der Waals surface area contributed by atoms with E-state index in [-0.39, 0.29) is 17.5 Å². The molecule has 0 saturated heterocycles. The minimum absolute atomic E-state index is 0.0156. The van der Waals surface area contributed by atoms with Crippen molar-refractivity contribution in [3.63, 3.8) is 0 Å². The number of nitrogens with zero attached hydrogens (tertiary/aromatic N) is 1. The van der Waals surface area contributed by atoms with Gasteiger partial charge in [-0.25, -0.2) is 13.4 Å². The summed E-state index contributed by atoms with van der Waals surface area (Å²) in [5.74, 6) is 0.523. The van der Waals surface area contributed by atoms with E-state index in [0.717, 1.165) is 27.8 Å². The minimum atomic E-state index is -3.36. The lowest BCUT2D eigenvalue weighted by molar-refractivity contribution is 0.265. The summed E-state index contributed by atoms with van der Waals surface area (Å²) >= 11 is 0. The van der Waals surface area contributed by atoms with Crippen LogP contribution in [0.1, 0.15) is 29.2 Å². The Bertz CT molecular complexity index is 1110. The summed E-state index contributed by atoms with van der Waals surface area (Å²) in [5.41, 5.74) is 4.73. The van der Waals surface area contributed by atoms with E-state index in [1.807, 2.05) is 43.3 Å². The number of pyridine rings is 1. The number of aliphatic hydroxyl groups is 1. The highest BCUT2D eigenvalue weighted by atomic mass is 32.2. The van der Waals surface area contributed by atoms with Gasteiger partial charge in [-0.15, -0.1) is 0 Å². The van der Waals surface area contributed by atoms with Crippen molar-refractivity contribution in [2.45, 2.75) is 30.8 Å². The molecule has 7 heteroatoms. The van der Waals surface area contributed by atoms with Crippen LogP contribution in [0.25, 0.3) is 11.1 Å². The first-order valence-corrected chi connectivity index (χ1v) is 11.9. The van der Waals surface area contributed by atoms with Gasteiger partial charge in [-0.3, -0.25) is 0 Å². The second-order valence-corrected chi connectivity index (χ2v) is 9.60. The molecule has 3 rings (SSSR count). The molecule has 0 amide bonds. The zero-order valence-electron chi connectivity index (χ0n) is 18.0. The Labute approximate surface area is 183 Å². The van der Waals surface area contributed by atoms with Crippen LogP contribution < -0.4 is 10.1 Å². The molecular weight excluding hydrogens is 412 g/mol. The van der Waals surface area contributed by atoms with Crippen LogP contribution in [0.3, 0.4) is 0 Å². The number of sulfone groups is 1. The van der Waals surface area contributed by atoms with E-state index in [1.54, 1.807) is 31.5 Å². The quantitative estimate of drug-likeness (QED) is 0.528. The maximum atomic E-state index is 12.3. The summed E-state index contributed by atoms with van der Waals surface area (Å²) in [6.45, 7) is 2.47. The van der Waals surface area contributed by atoms with Gasteiger partial charge in [-0.05, 0) is 53.8 Å². The molecule has 1 atom stereocenters. The van der Waals surface area contributed by atoms with Gasteiger partial charge >= 0.3 is 0 Å². The molecule has 0 spiro atoms. The first kappa shape index (κ1) is 22.9. The van der Waals surface area contributed by atoms with Gasteiger partial charge in [-0.2, -0.15) is 0 Å². The Kier molecular flexibility index (Phi) is 7.43. The van der Waals surface area contributed by atoms with Crippen molar-refractivity contribution in [1.29, 1.82) is 0 Å². The van der Waals surface area contributed by atoms with Crippen LogP contribution in [0.4, 0.5) is 0 Å². The molecule has 2 aromatic carbocycles. The van der Waals surface area contributed by atoms with E-state index in [0.29, 0.717) is 18.8 Å². The number of ether oxygens (including phenoxy) is 1. The van der Waals surface area contributed by atoms with E-state index in [9.17, 15) is 13.5 Å². The third-order valence-electron chi connectivity index (χ3n) is 5.12. The zero-order chi connectivity index (χ0) is 22.4. The molecule has 0 unspecified atom stereocenters. The molecule has 6 nitrogen and oxygen atoms in total. The van der Waals surface area contributed by atoms with Crippen molar-refractivity contribution in [2.75, 3.05) is 20.0 Å². The van der Waals surface area contributed by atoms with E-state index in [4.69, 9.17) is 4.74 Å². The van der Waals surface area contributed by atoms with Gasteiger partial charge < -0.3 is 15.2 Å². The van der Waals surface area contributed by atoms with Crippen molar-refractivity contribution >= 4 is 9.84 Å². The predicted octanol–water partition coefficient (Wildman–Crippen LogP) is 3.68. The lowest BCUT2D eigenvalue weighted by Gasteiger charge is -2.19. The molecule has 2 N–H and O–H groups in total. The summed E-state index contributed by atoms with van der Waals surface area (Å²) < 4.78 is 29.7. The minimum Gasteiger partial charge on any atom is -0.481 e. The van der Waals surface area contributed by atoms with Gasteiger partial charge in [0.15, 0.2) is 9.84 Å². The van der Waals surface area contributed by atoms with Gasteiger partial charge in [0.2, 0.25) is 5.88 Å². The molecule has 0 saturated carbocycles. The highest BCUT2D eigenvalue weighted by Gasteiger charge is 2.15. The summed E-state index contributed by atoms with van der Waals surface area (Å²) in [6.07, 6.45) is 3.44. The lowest BCUT2D eigenvalue weighted by atomic mass is 10.0. The maximum absolute atomic E-state index is 12.3. The second-order valence-electron chi connectivity index (χ2n) is 7.58. The Balaban J connectivity index is 1.89. The van der Waals surface area contributed by atoms with E-state index < -0.39 is 9.84 Å². The van der Waals surface area contributed by atoms with Crippen LogP contribution >= 0.6 is 0 Å². The van der Waals surface area contributed by atoms with Crippen LogP contribution in [0, 0.1) is 6.92 Å². The third-order valence-corrected chi connectivity index (χ3v) is 6.21. The van der Waals surface area contributed by atoms with Crippen LogP contribution in [0.15, 0.2) is 65.7 Å². The topological polar surface area (TPSA) is 88.5 Å². The normalized spacial score (nSPS) is 12.5. The number of nitrogens with one attached hydrogen (secondary N) is 1. The van der Waals surface area contributed by atoms with Crippen LogP contribution in [0.2, 0.25) is 0 Å². The van der Waals surface area contributed by atoms with Gasteiger partial charge in [0, 0.05) is 37.7 Å². The molecule has 164 valence electrons. The SMILES string of the molecule is COc1ccc([C@@H](CCO)NCc2cc(-c3ccc(C)cc3)cc(S(C)(=O)=O)c2)cn1. The number of hydrogen-bond donors (Lipinski definition) is 2. The van der Waals surface area contributed by atoms with Crippen LogP contribution in [0.5, 0.6) is 5.88 Å². The fourth-order valence-electron chi connectivity index (χ4n) is 3.36. The number of rotatable bonds is 9. The van der Waals surface area contributed by atoms with Crippen molar-refractivity contribution in [1.82, 2.24) is 10.3 Å². The Hall–Kier alpha value is -2.74. The Morgan fingerprint density at radius 3 is 2.39 bits per heavy atom. The van der Waals surface area contributed by atoms with Crippen molar-refractivity contribution in [3.8, 4) is 17.0 Å². The monoisotopic (exact) mass is 440 g/mol. The maximum Gasteiger partial charge on any atom is 0.212 e. The molecule has 31 heavy (non-hydrogen) atoms. The number of aliphatic hydroxyl groups excluding tert-OH is 1. The van der Waals surface area contributed by atoms with E-state index >= 15 is 0 Å². The molecular formula is C24H28N2O4S. The van der Waals surface area contributed by atoms with Gasteiger partial charge in [0.05, 0.1) is 12.0 Å². The van der Waals surface area contributed by atoms with Crippen molar-refractivity contribution in [2.24, 2.45) is 0 Å². The number of benzene rings is 2. The standard InChI is InChI=1S/C24H28N2O4S/c1-17-4-6-19(7-5-17)21-12-18(13-22(14-21)31(3,28)29)15-25-23(10-11-27)20-8-9-24(30-2)26-16-20/h4-9,12-14,16,23,25,27H,10-11,15H2,1-3H3/t23-/m1/s1. The first-order chi connectivity index (χ1) is 14.8. The molecule has 0 radical (unpaired) electrons. The van der Waals surface area contributed by atoms with E-state index in [2.05, 4.69) is 10.3 Å². The third kappa shape index (κ3) is 6.13. The molecule has 0 aliphatic carbocycles. The Morgan fingerprint density at radius 1 is 1.06 bits per heavy atom. The number of hydrogen-bond acceptors (Lipinski definition) is 6. The summed E-state index contributed by atoms with van der Waals surface area (Å²) in [5, 5.41) is 12.9. The first-order valence-electron chi connectivity index (χ1n) is 10.1. The molecule has 1 aromatic heterocycles. The van der Waals surface area contributed by atoms with Crippen molar-refractivity contribution < 1.29 is 18.3 Å².